The predicted octanol–water partition coefficient (Wildman–Crippen LogP) is 4.52. The molecule has 0 unspecified atom stereocenters. The standard InChI is InChI=1S/C17H21FN2O/c1-11-6-8-12(9-7-11)16-15(18)17(20-19-16)13-4-3-5-14(10-13)21-2/h3-5,10-12H,6-9H2,1-2H3,(H,19,20). The summed E-state index contributed by atoms with van der Waals surface area (Å²) < 4.78 is 19.9. The molecule has 0 spiro atoms. The molecule has 3 rings (SSSR count). The number of nitrogens with zero attached hydrogens (tertiary/aromatic N) is 1. The van der Waals surface area contributed by atoms with Gasteiger partial charge in [0.1, 0.15) is 11.4 Å². The van der Waals surface area contributed by atoms with Crippen molar-refractivity contribution in [2.75, 3.05) is 7.11 Å². The smallest absolute Gasteiger partial charge is 0.172 e. The highest BCUT2D eigenvalue weighted by Crippen LogP contribution is 2.37. The number of hydrogen-bond acceptors (Lipinski definition) is 2. The molecule has 1 fully saturated rings. The van der Waals surface area contributed by atoms with Crippen LogP contribution in [0.3, 0.4) is 0 Å². The van der Waals surface area contributed by atoms with Crippen molar-refractivity contribution in [1.82, 2.24) is 10.2 Å². The molecule has 2 aromatic rings. The molecule has 3 nitrogen and oxygen atoms in total. The first-order valence-electron chi connectivity index (χ1n) is 7.57. The van der Waals surface area contributed by atoms with E-state index in [1.165, 1.54) is 0 Å². The molecule has 21 heavy (non-hydrogen) atoms. The molecule has 1 aromatic heterocycles. The summed E-state index contributed by atoms with van der Waals surface area (Å²) in [6, 6.07) is 7.36. The van der Waals surface area contributed by atoms with Gasteiger partial charge in [-0.05, 0) is 30.9 Å². The van der Waals surface area contributed by atoms with Crippen LogP contribution in [0.4, 0.5) is 4.39 Å². The molecule has 1 aromatic carbocycles. The first kappa shape index (κ1) is 14.1. The Balaban J connectivity index is 1.88. The zero-order valence-corrected chi connectivity index (χ0v) is 12.5. The molecule has 1 aliphatic rings. The fraction of sp³-hybridized carbons (Fsp3) is 0.471. The van der Waals surface area contributed by atoms with Gasteiger partial charge in [0.15, 0.2) is 5.82 Å². The van der Waals surface area contributed by atoms with Crippen molar-refractivity contribution in [3.05, 3.63) is 35.8 Å². The maximum absolute atomic E-state index is 14.7. The average Bonchev–Trinajstić information content (AvgIpc) is 2.90. The third-order valence-corrected chi connectivity index (χ3v) is 4.50. The lowest BCUT2D eigenvalue weighted by Crippen LogP contribution is -2.12. The number of hydrogen-bond donors (Lipinski definition) is 1. The van der Waals surface area contributed by atoms with Crippen molar-refractivity contribution in [1.29, 1.82) is 0 Å². The van der Waals surface area contributed by atoms with Gasteiger partial charge in [0.25, 0.3) is 0 Å². The van der Waals surface area contributed by atoms with Gasteiger partial charge in [0.2, 0.25) is 0 Å². The van der Waals surface area contributed by atoms with Crippen LogP contribution in [-0.2, 0) is 0 Å². The van der Waals surface area contributed by atoms with Gasteiger partial charge in [-0.15, -0.1) is 0 Å². The second-order valence-corrected chi connectivity index (χ2v) is 5.99. The second-order valence-electron chi connectivity index (χ2n) is 5.99. The molecule has 1 aliphatic carbocycles. The van der Waals surface area contributed by atoms with Crippen molar-refractivity contribution in [3.8, 4) is 17.0 Å². The summed E-state index contributed by atoms with van der Waals surface area (Å²) in [6.45, 7) is 2.27. The lowest BCUT2D eigenvalue weighted by atomic mass is 9.81. The summed E-state index contributed by atoms with van der Waals surface area (Å²) in [6.07, 6.45) is 4.41. The van der Waals surface area contributed by atoms with E-state index in [0.29, 0.717) is 17.1 Å². The van der Waals surface area contributed by atoms with E-state index in [4.69, 9.17) is 4.74 Å². The molecular weight excluding hydrogens is 267 g/mol. The Labute approximate surface area is 124 Å². The molecule has 1 saturated carbocycles. The largest absolute Gasteiger partial charge is 0.497 e. The van der Waals surface area contributed by atoms with E-state index in [9.17, 15) is 4.39 Å². The number of H-pyrrole nitrogens is 1. The van der Waals surface area contributed by atoms with Gasteiger partial charge in [-0.3, -0.25) is 5.10 Å². The van der Waals surface area contributed by atoms with E-state index in [2.05, 4.69) is 17.1 Å². The Morgan fingerprint density at radius 3 is 2.71 bits per heavy atom. The van der Waals surface area contributed by atoms with Crippen LogP contribution in [-0.4, -0.2) is 17.3 Å². The number of rotatable bonds is 3. The van der Waals surface area contributed by atoms with E-state index in [0.717, 1.165) is 37.2 Å². The third kappa shape index (κ3) is 2.80. The molecule has 0 radical (unpaired) electrons. The molecular formula is C17H21FN2O. The number of benzene rings is 1. The Hall–Kier alpha value is -1.84. The van der Waals surface area contributed by atoms with Gasteiger partial charge in [-0.1, -0.05) is 31.9 Å². The number of aromatic amines is 1. The maximum atomic E-state index is 14.7. The van der Waals surface area contributed by atoms with Crippen molar-refractivity contribution >= 4 is 0 Å². The van der Waals surface area contributed by atoms with Crippen LogP contribution in [0, 0.1) is 11.7 Å². The van der Waals surface area contributed by atoms with Gasteiger partial charge in [0, 0.05) is 11.5 Å². The molecule has 4 heteroatoms. The van der Waals surface area contributed by atoms with Gasteiger partial charge in [0.05, 0.1) is 12.8 Å². The predicted molar refractivity (Wildman–Crippen MR) is 80.9 cm³/mol. The quantitative estimate of drug-likeness (QED) is 0.901. The Morgan fingerprint density at radius 2 is 2.00 bits per heavy atom. The fourth-order valence-electron chi connectivity index (χ4n) is 3.12. The normalized spacial score (nSPS) is 22.2. The highest BCUT2D eigenvalue weighted by atomic mass is 19.1. The lowest BCUT2D eigenvalue weighted by Gasteiger charge is -2.25. The summed E-state index contributed by atoms with van der Waals surface area (Å²) in [5.41, 5.74) is 1.81. The summed E-state index contributed by atoms with van der Waals surface area (Å²) in [5.74, 6) is 1.53. The first-order valence-corrected chi connectivity index (χ1v) is 7.57. The van der Waals surface area contributed by atoms with Crippen LogP contribution >= 0.6 is 0 Å². The van der Waals surface area contributed by atoms with E-state index < -0.39 is 0 Å². The SMILES string of the molecule is COc1cccc(-c2n[nH]c(C3CCC(C)CC3)c2F)c1. The zero-order chi connectivity index (χ0) is 14.8. The number of methoxy groups -OCH3 is 1. The Bertz CT molecular complexity index is 615. The zero-order valence-electron chi connectivity index (χ0n) is 12.5. The van der Waals surface area contributed by atoms with E-state index in [-0.39, 0.29) is 11.7 Å². The van der Waals surface area contributed by atoms with Crippen LogP contribution in [0.1, 0.15) is 44.2 Å². The van der Waals surface area contributed by atoms with Gasteiger partial charge in [-0.25, -0.2) is 4.39 Å². The van der Waals surface area contributed by atoms with Gasteiger partial charge in [-0.2, -0.15) is 5.10 Å². The highest BCUT2D eigenvalue weighted by molar-refractivity contribution is 5.62. The average molecular weight is 288 g/mol. The van der Waals surface area contributed by atoms with Crippen molar-refractivity contribution < 1.29 is 9.13 Å². The highest BCUT2D eigenvalue weighted by Gasteiger charge is 2.26. The van der Waals surface area contributed by atoms with E-state index in [1.54, 1.807) is 7.11 Å². The van der Waals surface area contributed by atoms with Gasteiger partial charge < -0.3 is 4.74 Å². The number of ether oxygens (including phenoxy) is 1. The topological polar surface area (TPSA) is 37.9 Å². The van der Waals surface area contributed by atoms with Crippen LogP contribution < -0.4 is 4.74 Å². The van der Waals surface area contributed by atoms with Crippen molar-refractivity contribution in [2.24, 2.45) is 5.92 Å². The Kier molecular flexibility index (Phi) is 3.95. The molecule has 0 aliphatic heterocycles. The van der Waals surface area contributed by atoms with Crippen LogP contribution in [0.5, 0.6) is 5.75 Å². The Morgan fingerprint density at radius 1 is 1.24 bits per heavy atom. The molecule has 0 atom stereocenters. The fourth-order valence-corrected chi connectivity index (χ4v) is 3.12. The summed E-state index contributed by atoms with van der Waals surface area (Å²) in [4.78, 5) is 0. The van der Waals surface area contributed by atoms with Crippen LogP contribution in [0.25, 0.3) is 11.3 Å². The molecule has 0 saturated heterocycles. The number of nitrogens with one attached hydrogen (secondary N) is 1. The lowest BCUT2D eigenvalue weighted by molar-refractivity contribution is 0.338. The molecule has 1 heterocycles. The maximum Gasteiger partial charge on any atom is 0.172 e. The van der Waals surface area contributed by atoms with Crippen LogP contribution in [0.2, 0.25) is 0 Å². The molecule has 0 bridgehead atoms. The first-order chi connectivity index (χ1) is 10.2. The monoisotopic (exact) mass is 288 g/mol. The summed E-state index contributed by atoms with van der Waals surface area (Å²) in [7, 11) is 1.61. The van der Waals surface area contributed by atoms with E-state index >= 15 is 0 Å². The molecule has 1 N–H and O–H groups in total. The molecule has 112 valence electrons. The van der Waals surface area contributed by atoms with Gasteiger partial charge >= 0.3 is 0 Å². The number of aromatic nitrogens is 2. The van der Waals surface area contributed by atoms with Crippen molar-refractivity contribution in [3.63, 3.8) is 0 Å². The minimum Gasteiger partial charge on any atom is -0.497 e. The minimum absolute atomic E-state index is 0.206. The second kappa shape index (κ2) is 5.88. The third-order valence-electron chi connectivity index (χ3n) is 4.50. The van der Waals surface area contributed by atoms with Crippen LogP contribution in [0.15, 0.2) is 24.3 Å². The number of halogens is 1. The van der Waals surface area contributed by atoms with E-state index in [1.807, 2.05) is 24.3 Å². The molecule has 0 amide bonds. The summed E-state index contributed by atoms with van der Waals surface area (Å²) in [5, 5.41) is 7.13. The van der Waals surface area contributed by atoms with Crippen molar-refractivity contribution in [2.45, 2.75) is 38.5 Å². The minimum atomic E-state index is -0.206. The summed E-state index contributed by atoms with van der Waals surface area (Å²) >= 11 is 0.